The average Bonchev–Trinajstić information content (AvgIpc) is 2.24. The summed E-state index contributed by atoms with van der Waals surface area (Å²) < 4.78 is 2.50. The zero-order chi connectivity index (χ0) is 8.77. The van der Waals surface area contributed by atoms with Gasteiger partial charge in [0.15, 0.2) is 0 Å². The van der Waals surface area contributed by atoms with Crippen LogP contribution in [0.2, 0.25) is 0 Å². The number of benzene rings is 1. The van der Waals surface area contributed by atoms with Crippen molar-refractivity contribution in [2.45, 2.75) is 6.54 Å². The zero-order valence-corrected chi connectivity index (χ0v) is 10.3. The quantitative estimate of drug-likeness (QED) is 0.632. The monoisotopic (exact) mass is 299 g/mol. The van der Waals surface area contributed by atoms with Crippen LogP contribution >= 0.6 is 8.96 Å². The Morgan fingerprint density at radius 2 is 2.00 bits per heavy atom. The van der Waals surface area contributed by atoms with Crippen LogP contribution in [0.4, 0.5) is 0 Å². The molecular weight excluding hydrogens is 285 g/mol. The molecule has 0 saturated heterocycles. The Hall–Kier alpha value is 0.260. The second-order valence-electron chi connectivity index (χ2n) is 3.58. The van der Waals surface area contributed by atoms with E-state index in [1.165, 1.54) is 9.17 Å². The van der Waals surface area contributed by atoms with E-state index in [0.717, 1.165) is 9.28 Å². The normalized spacial score (nSPS) is 20.9. The van der Waals surface area contributed by atoms with E-state index in [1.54, 1.807) is 0 Å². The van der Waals surface area contributed by atoms with Crippen LogP contribution in [0.25, 0.3) is 0 Å². The molecule has 0 fully saturated rings. The molecule has 0 saturated carbocycles. The Morgan fingerprint density at radius 3 is 2.67 bits per heavy atom. The van der Waals surface area contributed by atoms with Gasteiger partial charge < -0.3 is 0 Å². The van der Waals surface area contributed by atoms with Crippen molar-refractivity contribution >= 4 is 31.3 Å². The molecule has 0 aromatic heterocycles. The average molecular weight is 297 g/mol. The van der Waals surface area contributed by atoms with Crippen LogP contribution in [0.15, 0.2) is 24.3 Å². The van der Waals surface area contributed by atoms with E-state index in [1.807, 2.05) is 0 Å². The van der Waals surface area contributed by atoms with Gasteiger partial charge in [0, 0.05) is 0 Å². The van der Waals surface area contributed by atoms with Gasteiger partial charge in [-0.2, -0.15) is 0 Å². The first kappa shape index (κ1) is 8.84. The van der Waals surface area contributed by atoms with Gasteiger partial charge in [-0.05, 0) is 0 Å². The van der Waals surface area contributed by atoms with Gasteiger partial charge in [-0.1, -0.05) is 0 Å². The van der Waals surface area contributed by atoms with Gasteiger partial charge >= 0.3 is 84.5 Å². The van der Waals surface area contributed by atoms with E-state index in [4.69, 9.17) is 8.96 Å². The first-order chi connectivity index (χ1) is 5.61. The van der Waals surface area contributed by atoms with Crippen LogP contribution in [-0.2, 0) is 6.54 Å². The Kier molecular flexibility index (Phi) is 2.13. The summed E-state index contributed by atoms with van der Waals surface area (Å²) in [4.78, 5) is 0. The fourth-order valence-electron chi connectivity index (χ4n) is 1.53. The minimum atomic E-state index is -1.55. The third kappa shape index (κ3) is 1.28. The maximum atomic E-state index is 6.48. The van der Waals surface area contributed by atoms with Crippen molar-refractivity contribution in [3.05, 3.63) is 29.8 Å². The SMILES string of the molecule is C[N+]1(C)Cc2ccccc2[Te]1Cl. The molecule has 0 aliphatic carbocycles. The number of rotatable bonds is 0. The molecule has 1 heterocycles. The summed E-state index contributed by atoms with van der Waals surface area (Å²) in [6, 6.07) is 8.61. The van der Waals surface area contributed by atoms with Gasteiger partial charge in [0.05, 0.1) is 0 Å². The van der Waals surface area contributed by atoms with E-state index in [9.17, 15) is 0 Å². The van der Waals surface area contributed by atoms with Crippen LogP contribution in [0.5, 0.6) is 0 Å². The standard InChI is InChI=1S/C9H12ClNTe/c1-11(2)7-8-5-3-4-6-9(8)12(11)10/h3-6H,7H2,1-2H3/q+1. The Bertz CT molecular complexity index is 311. The first-order valence-corrected chi connectivity index (χ1v) is 9.09. The molecule has 0 N–H and O–H groups in total. The van der Waals surface area contributed by atoms with E-state index in [0.29, 0.717) is 0 Å². The molecule has 0 spiro atoms. The van der Waals surface area contributed by atoms with Gasteiger partial charge in [-0.3, -0.25) is 0 Å². The molecule has 0 bridgehead atoms. The number of nitrogens with zero attached hydrogens (tertiary/aromatic N) is 1. The van der Waals surface area contributed by atoms with Gasteiger partial charge in [-0.15, -0.1) is 0 Å². The minimum absolute atomic E-state index is 1.03. The van der Waals surface area contributed by atoms with Crippen LogP contribution in [0.3, 0.4) is 0 Å². The Labute approximate surface area is 84.3 Å². The summed E-state index contributed by atoms with van der Waals surface area (Å²) in [5.74, 6) is 0. The molecule has 1 aromatic rings. The van der Waals surface area contributed by atoms with E-state index in [-0.39, 0.29) is 0 Å². The molecule has 12 heavy (non-hydrogen) atoms. The van der Waals surface area contributed by atoms with Gasteiger partial charge in [-0.25, -0.2) is 0 Å². The van der Waals surface area contributed by atoms with Crippen molar-refractivity contribution in [2.75, 3.05) is 14.1 Å². The molecule has 0 unspecified atom stereocenters. The number of fused-ring (bicyclic) bond motifs is 1. The van der Waals surface area contributed by atoms with Crippen LogP contribution in [0, 0.1) is 0 Å². The summed E-state index contributed by atoms with van der Waals surface area (Å²) >= 11 is -1.55. The van der Waals surface area contributed by atoms with Crippen LogP contribution in [0.1, 0.15) is 5.56 Å². The van der Waals surface area contributed by atoms with Crippen molar-refractivity contribution < 1.29 is 2.73 Å². The summed E-state index contributed by atoms with van der Waals surface area (Å²) in [6.45, 7) is 1.12. The molecular formula is C9H12ClNTe+. The molecule has 1 nitrogen and oxygen atoms in total. The fraction of sp³-hybridized carbons (Fsp3) is 0.333. The number of hydrogen-bond donors (Lipinski definition) is 0. The number of hydrogen-bond acceptors (Lipinski definition) is 0. The zero-order valence-electron chi connectivity index (χ0n) is 7.25. The van der Waals surface area contributed by atoms with E-state index < -0.39 is 18.7 Å². The van der Waals surface area contributed by atoms with Crippen LogP contribution in [-0.4, -0.2) is 35.5 Å². The maximum absolute atomic E-state index is 6.48. The Morgan fingerprint density at radius 1 is 1.33 bits per heavy atom. The molecule has 0 atom stereocenters. The predicted molar refractivity (Wildman–Crippen MR) is 53.5 cm³/mol. The number of quaternary nitrogens is 1. The van der Waals surface area contributed by atoms with Gasteiger partial charge in [0.25, 0.3) is 0 Å². The van der Waals surface area contributed by atoms with Crippen molar-refractivity contribution in [3.8, 4) is 0 Å². The molecule has 1 radical (unpaired) electrons. The topological polar surface area (TPSA) is 0 Å². The number of halogens is 1. The predicted octanol–water partition coefficient (Wildman–Crippen LogP) is 1.21. The van der Waals surface area contributed by atoms with Gasteiger partial charge in [0.2, 0.25) is 0 Å². The van der Waals surface area contributed by atoms with E-state index in [2.05, 4.69) is 38.4 Å². The molecule has 1 aromatic carbocycles. The first-order valence-electron chi connectivity index (χ1n) is 3.93. The van der Waals surface area contributed by atoms with Crippen molar-refractivity contribution in [2.24, 2.45) is 0 Å². The summed E-state index contributed by atoms with van der Waals surface area (Å²) in [5.41, 5.74) is 1.47. The molecule has 65 valence electrons. The fourth-order valence-corrected chi connectivity index (χ4v) is 6.65. The van der Waals surface area contributed by atoms with Gasteiger partial charge in [0.1, 0.15) is 0 Å². The molecule has 0 amide bonds. The molecule has 1 aliphatic heterocycles. The molecule has 2 rings (SSSR count). The van der Waals surface area contributed by atoms with Crippen molar-refractivity contribution in [1.29, 1.82) is 0 Å². The molecule has 1 aliphatic rings. The van der Waals surface area contributed by atoms with Crippen LogP contribution < -0.4 is 3.61 Å². The summed E-state index contributed by atoms with van der Waals surface area (Å²) in [5, 5.41) is 0. The van der Waals surface area contributed by atoms with E-state index >= 15 is 0 Å². The van der Waals surface area contributed by atoms with Crippen molar-refractivity contribution in [1.82, 2.24) is 0 Å². The second kappa shape index (κ2) is 2.89. The Balaban J connectivity index is 2.49. The molecule has 3 heteroatoms. The van der Waals surface area contributed by atoms with Crippen molar-refractivity contribution in [3.63, 3.8) is 0 Å². The third-order valence-corrected chi connectivity index (χ3v) is 10.8. The summed E-state index contributed by atoms with van der Waals surface area (Å²) in [7, 11) is 11.0. The third-order valence-electron chi connectivity index (χ3n) is 2.14. The second-order valence-corrected chi connectivity index (χ2v) is 11.0. The summed E-state index contributed by atoms with van der Waals surface area (Å²) in [6.07, 6.45) is 0.